The molecule has 7 heteroatoms. The highest BCUT2D eigenvalue weighted by Crippen LogP contribution is 2.31. The van der Waals surface area contributed by atoms with Gasteiger partial charge < -0.3 is 19.5 Å². The highest BCUT2D eigenvalue weighted by atomic mass is 19.1. The maximum Gasteiger partial charge on any atom is 0.305 e. The van der Waals surface area contributed by atoms with Gasteiger partial charge in [-0.25, -0.2) is 4.39 Å². The molecule has 1 N–H and O–H groups in total. The Kier molecular flexibility index (Phi) is 4.99. The van der Waals surface area contributed by atoms with Gasteiger partial charge >= 0.3 is 5.97 Å². The molecule has 0 aromatic heterocycles. The number of carboxylic acids is 1. The minimum atomic E-state index is -0.947. The quantitative estimate of drug-likeness (QED) is 0.883. The number of rotatable bonds is 5. The molecule has 0 bridgehead atoms. The van der Waals surface area contributed by atoms with Crippen LogP contribution in [-0.4, -0.2) is 53.8 Å². The summed E-state index contributed by atoms with van der Waals surface area (Å²) in [6, 6.07) is 4.15. The van der Waals surface area contributed by atoms with E-state index >= 15 is 0 Å². The van der Waals surface area contributed by atoms with Crippen molar-refractivity contribution in [2.24, 2.45) is 0 Å². The molecule has 0 saturated carbocycles. The van der Waals surface area contributed by atoms with Gasteiger partial charge in [0, 0.05) is 37.8 Å². The molecule has 3 rings (SSSR count). The van der Waals surface area contributed by atoms with Crippen molar-refractivity contribution in [3.8, 4) is 5.75 Å². The SMILES string of the molecule is O=C(O)CCN(C(=O)C1Cc2cc(F)ccc2O1)C1CCOCC1. The van der Waals surface area contributed by atoms with Crippen molar-refractivity contribution in [1.82, 2.24) is 4.90 Å². The number of fused-ring (bicyclic) bond motifs is 1. The lowest BCUT2D eigenvalue weighted by atomic mass is 10.0. The van der Waals surface area contributed by atoms with E-state index in [1.54, 1.807) is 4.90 Å². The fourth-order valence-electron chi connectivity index (χ4n) is 3.23. The van der Waals surface area contributed by atoms with Gasteiger partial charge in [0.15, 0.2) is 6.10 Å². The van der Waals surface area contributed by atoms with Crippen molar-refractivity contribution in [2.45, 2.75) is 37.8 Å². The van der Waals surface area contributed by atoms with Crippen molar-refractivity contribution in [3.05, 3.63) is 29.6 Å². The van der Waals surface area contributed by atoms with Crippen LogP contribution >= 0.6 is 0 Å². The Hall–Kier alpha value is -2.15. The van der Waals surface area contributed by atoms with Crippen molar-refractivity contribution < 1.29 is 28.6 Å². The van der Waals surface area contributed by atoms with Crippen LogP contribution in [0.2, 0.25) is 0 Å². The van der Waals surface area contributed by atoms with Gasteiger partial charge in [-0.2, -0.15) is 0 Å². The number of carboxylic acid groups (broad SMARTS) is 1. The first-order valence-corrected chi connectivity index (χ1v) is 8.09. The van der Waals surface area contributed by atoms with Gasteiger partial charge in [-0.15, -0.1) is 0 Å². The molecule has 1 aromatic rings. The van der Waals surface area contributed by atoms with E-state index in [-0.39, 0.29) is 30.7 Å². The lowest BCUT2D eigenvalue weighted by Crippen LogP contribution is -2.49. The third-order valence-corrected chi connectivity index (χ3v) is 4.45. The van der Waals surface area contributed by atoms with Crippen molar-refractivity contribution >= 4 is 11.9 Å². The summed E-state index contributed by atoms with van der Waals surface area (Å²) in [4.78, 5) is 25.4. The number of amides is 1. The molecule has 1 amide bonds. The maximum absolute atomic E-state index is 13.3. The molecule has 0 aliphatic carbocycles. The first kappa shape index (κ1) is 16.7. The summed E-state index contributed by atoms with van der Waals surface area (Å²) in [5.74, 6) is -1.03. The molecular weight excluding hydrogens is 317 g/mol. The molecule has 2 aliphatic heterocycles. The molecule has 1 aromatic carbocycles. The van der Waals surface area contributed by atoms with Gasteiger partial charge in [-0.3, -0.25) is 9.59 Å². The van der Waals surface area contributed by atoms with Crippen molar-refractivity contribution in [3.63, 3.8) is 0 Å². The Balaban J connectivity index is 1.72. The highest BCUT2D eigenvalue weighted by molar-refractivity contribution is 5.83. The molecule has 0 radical (unpaired) electrons. The zero-order valence-corrected chi connectivity index (χ0v) is 13.2. The van der Waals surface area contributed by atoms with E-state index in [0.717, 1.165) is 0 Å². The number of nitrogens with zero attached hydrogens (tertiary/aromatic N) is 1. The molecule has 1 unspecified atom stereocenters. The zero-order chi connectivity index (χ0) is 17.1. The number of carbonyl (C=O) groups excluding carboxylic acids is 1. The molecule has 24 heavy (non-hydrogen) atoms. The Morgan fingerprint density at radius 3 is 2.75 bits per heavy atom. The fourth-order valence-corrected chi connectivity index (χ4v) is 3.23. The van der Waals surface area contributed by atoms with E-state index in [1.807, 2.05) is 0 Å². The first-order valence-electron chi connectivity index (χ1n) is 8.09. The molecule has 2 heterocycles. The highest BCUT2D eigenvalue weighted by Gasteiger charge is 2.36. The Bertz CT molecular complexity index is 629. The standard InChI is InChI=1S/C17H20FNO5/c18-12-1-2-14-11(9-12)10-15(24-14)17(22)19(6-3-16(20)21)13-4-7-23-8-5-13/h1-2,9,13,15H,3-8,10H2,(H,20,21). The minimum Gasteiger partial charge on any atom is -0.481 e. The van der Waals surface area contributed by atoms with Crippen LogP contribution in [0.25, 0.3) is 0 Å². The third-order valence-electron chi connectivity index (χ3n) is 4.45. The Labute approximate surface area is 139 Å². The second-order valence-electron chi connectivity index (χ2n) is 6.08. The minimum absolute atomic E-state index is 0.0466. The monoisotopic (exact) mass is 337 g/mol. The van der Waals surface area contributed by atoms with Crippen molar-refractivity contribution in [1.29, 1.82) is 0 Å². The van der Waals surface area contributed by atoms with Crippen LogP contribution < -0.4 is 4.74 Å². The van der Waals surface area contributed by atoms with Crippen LogP contribution in [0, 0.1) is 5.82 Å². The van der Waals surface area contributed by atoms with Crippen LogP contribution in [0.5, 0.6) is 5.75 Å². The van der Waals surface area contributed by atoms with E-state index in [2.05, 4.69) is 0 Å². The van der Waals surface area contributed by atoms with Crippen LogP contribution in [0.4, 0.5) is 4.39 Å². The molecule has 0 spiro atoms. The smallest absolute Gasteiger partial charge is 0.305 e. The van der Waals surface area contributed by atoms with Gasteiger partial charge in [0.25, 0.3) is 5.91 Å². The summed E-state index contributed by atoms with van der Waals surface area (Å²) in [5, 5.41) is 8.94. The summed E-state index contributed by atoms with van der Waals surface area (Å²) in [7, 11) is 0. The summed E-state index contributed by atoms with van der Waals surface area (Å²) in [5.41, 5.74) is 0.665. The molecule has 2 aliphatic rings. The topological polar surface area (TPSA) is 76.1 Å². The van der Waals surface area contributed by atoms with E-state index in [0.29, 0.717) is 43.8 Å². The lowest BCUT2D eigenvalue weighted by Gasteiger charge is -2.35. The van der Waals surface area contributed by atoms with E-state index < -0.39 is 12.1 Å². The number of carbonyl (C=O) groups is 2. The summed E-state index contributed by atoms with van der Waals surface area (Å²) in [6.45, 7) is 1.25. The van der Waals surface area contributed by atoms with E-state index in [1.165, 1.54) is 18.2 Å². The summed E-state index contributed by atoms with van der Waals surface area (Å²) in [6.07, 6.45) is 0.827. The molecule has 6 nitrogen and oxygen atoms in total. The summed E-state index contributed by atoms with van der Waals surface area (Å²) < 4.78 is 24.3. The predicted octanol–water partition coefficient (Wildman–Crippen LogP) is 1.61. The van der Waals surface area contributed by atoms with Crippen molar-refractivity contribution in [2.75, 3.05) is 19.8 Å². The third kappa shape index (κ3) is 3.67. The second-order valence-corrected chi connectivity index (χ2v) is 6.08. The van der Waals surface area contributed by atoms with E-state index in [9.17, 15) is 14.0 Å². The molecule has 1 saturated heterocycles. The second kappa shape index (κ2) is 7.17. The zero-order valence-electron chi connectivity index (χ0n) is 13.2. The lowest BCUT2D eigenvalue weighted by molar-refractivity contribution is -0.144. The Morgan fingerprint density at radius 2 is 2.04 bits per heavy atom. The number of halogens is 1. The van der Waals surface area contributed by atoms with Gasteiger partial charge in [-0.05, 0) is 31.0 Å². The number of ether oxygens (including phenoxy) is 2. The molecule has 1 fully saturated rings. The maximum atomic E-state index is 13.3. The Morgan fingerprint density at radius 1 is 1.29 bits per heavy atom. The van der Waals surface area contributed by atoms with Gasteiger partial charge in [-0.1, -0.05) is 0 Å². The fraction of sp³-hybridized carbons (Fsp3) is 0.529. The number of benzene rings is 1. The summed E-state index contributed by atoms with van der Waals surface area (Å²) >= 11 is 0. The normalized spacial score (nSPS) is 20.3. The number of hydrogen-bond donors (Lipinski definition) is 1. The molecule has 130 valence electrons. The largest absolute Gasteiger partial charge is 0.481 e. The van der Waals surface area contributed by atoms with Crippen LogP contribution in [0.15, 0.2) is 18.2 Å². The van der Waals surface area contributed by atoms with Gasteiger partial charge in [0.2, 0.25) is 0 Å². The number of aliphatic carboxylic acids is 1. The van der Waals surface area contributed by atoms with Crippen LogP contribution in [0.1, 0.15) is 24.8 Å². The van der Waals surface area contributed by atoms with Gasteiger partial charge in [0.05, 0.1) is 6.42 Å². The van der Waals surface area contributed by atoms with Crippen LogP contribution in [0.3, 0.4) is 0 Å². The van der Waals surface area contributed by atoms with Crippen LogP contribution in [-0.2, 0) is 20.7 Å². The van der Waals surface area contributed by atoms with Gasteiger partial charge in [0.1, 0.15) is 11.6 Å². The average Bonchev–Trinajstić information content (AvgIpc) is 2.98. The average molecular weight is 337 g/mol. The predicted molar refractivity (Wildman–Crippen MR) is 82.3 cm³/mol. The molecular formula is C17H20FNO5. The number of hydrogen-bond acceptors (Lipinski definition) is 4. The first-order chi connectivity index (χ1) is 11.5. The molecule has 1 atom stereocenters. The van der Waals surface area contributed by atoms with E-state index in [4.69, 9.17) is 14.6 Å².